The molecule has 2 nitrogen and oxygen atoms in total. The van der Waals surface area contributed by atoms with Crippen LogP contribution in [0.4, 0.5) is 0 Å². The number of benzene rings is 1. The maximum Gasteiger partial charge on any atom is 0.119 e. The number of ether oxygens (including phenoxy) is 2. The molecule has 0 aliphatic rings. The summed E-state index contributed by atoms with van der Waals surface area (Å²) in [5, 5.41) is 0. The second-order valence-electron chi connectivity index (χ2n) is 2.63. The van der Waals surface area contributed by atoms with Gasteiger partial charge in [0.25, 0.3) is 0 Å². The van der Waals surface area contributed by atoms with Crippen molar-refractivity contribution in [1.82, 2.24) is 0 Å². The first-order chi connectivity index (χ1) is 6.36. The molecule has 70 valence electrons. The van der Waals surface area contributed by atoms with E-state index in [4.69, 9.17) is 9.47 Å². The predicted molar refractivity (Wildman–Crippen MR) is 52.6 cm³/mol. The van der Waals surface area contributed by atoms with E-state index >= 15 is 0 Å². The van der Waals surface area contributed by atoms with Crippen molar-refractivity contribution in [2.24, 2.45) is 0 Å². The maximum absolute atomic E-state index is 5.23. The molecule has 13 heavy (non-hydrogen) atoms. The van der Waals surface area contributed by atoms with Gasteiger partial charge in [0.05, 0.1) is 13.4 Å². The Bertz CT molecular complexity index is 279. The third-order valence-electron chi connectivity index (χ3n) is 1.62. The van der Waals surface area contributed by atoms with E-state index < -0.39 is 0 Å². The quantitative estimate of drug-likeness (QED) is 0.660. The monoisotopic (exact) mass is 178 g/mol. The molecule has 0 aromatic heterocycles. The number of hydrogen-bond donors (Lipinski definition) is 0. The van der Waals surface area contributed by atoms with Gasteiger partial charge in [-0.3, -0.25) is 0 Å². The zero-order valence-corrected chi connectivity index (χ0v) is 7.99. The summed E-state index contributed by atoms with van der Waals surface area (Å²) >= 11 is 0. The van der Waals surface area contributed by atoms with Gasteiger partial charge in [0.15, 0.2) is 0 Å². The minimum absolute atomic E-state index is 0.585. The second kappa shape index (κ2) is 5.25. The van der Waals surface area contributed by atoms with Crippen LogP contribution in [-0.2, 0) is 11.3 Å². The van der Waals surface area contributed by atoms with Crippen molar-refractivity contribution in [2.45, 2.75) is 13.5 Å². The normalized spacial score (nSPS) is 10.3. The fourth-order valence-corrected chi connectivity index (χ4v) is 1.00. The van der Waals surface area contributed by atoms with Crippen LogP contribution in [0.2, 0.25) is 0 Å². The van der Waals surface area contributed by atoms with Crippen molar-refractivity contribution in [3.8, 4) is 5.75 Å². The van der Waals surface area contributed by atoms with Gasteiger partial charge in [0, 0.05) is 0 Å². The van der Waals surface area contributed by atoms with E-state index in [1.54, 1.807) is 13.4 Å². The molecule has 0 aliphatic carbocycles. The van der Waals surface area contributed by atoms with Crippen LogP contribution in [0.25, 0.3) is 0 Å². The smallest absolute Gasteiger partial charge is 0.119 e. The molecule has 2 heteroatoms. The highest BCUT2D eigenvalue weighted by atomic mass is 16.5. The van der Waals surface area contributed by atoms with Crippen molar-refractivity contribution in [3.05, 3.63) is 42.2 Å². The Hall–Kier alpha value is -1.44. The third-order valence-corrected chi connectivity index (χ3v) is 1.62. The van der Waals surface area contributed by atoms with Crippen LogP contribution in [0.1, 0.15) is 12.5 Å². The summed E-state index contributed by atoms with van der Waals surface area (Å²) in [5.41, 5.74) is 1.11. The summed E-state index contributed by atoms with van der Waals surface area (Å²) in [6.45, 7) is 2.51. The molecule has 0 saturated carbocycles. The Labute approximate surface area is 78.8 Å². The highest BCUT2D eigenvalue weighted by Crippen LogP contribution is 2.13. The molecule has 0 bridgehead atoms. The molecule has 1 aromatic rings. The molecule has 0 fully saturated rings. The molecule has 0 unspecified atom stereocenters. The Balaban J connectivity index is 2.56. The summed E-state index contributed by atoms with van der Waals surface area (Å²) in [4.78, 5) is 0. The predicted octanol–water partition coefficient (Wildman–Crippen LogP) is 2.75. The average molecular weight is 178 g/mol. The van der Waals surface area contributed by atoms with Gasteiger partial charge in [-0.2, -0.15) is 0 Å². The van der Waals surface area contributed by atoms with Gasteiger partial charge >= 0.3 is 0 Å². The summed E-state index contributed by atoms with van der Waals surface area (Å²) in [6, 6.07) is 7.84. The van der Waals surface area contributed by atoms with Gasteiger partial charge in [0.1, 0.15) is 12.4 Å². The molecule has 1 aromatic carbocycles. The zero-order chi connectivity index (χ0) is 9.52. The summed E-state index contributed by atoms with van der Waals surface area (Å²) in [6.07, 6.45) is 3.54. The van der Waals surface area contributed by atoms with Crippen LogP contribution >= 0.6 is 0 Å². The largest absolute Gasteiger partial charge is 0.497 e. The molecule has 0 N–H and O–H groups in total. The van der Waals surface area contributed by atoms with Gasteiger partial charge in [0.2, 0.25) is 0 Å². The third kappa shape index (κ3) is 3.20. The fourth-order valence-electron chi connectivity index (χ4n) is 1.00. The summed E-state index contributed by atoms with van der Waals surface area (Å²) < 4.78 is 10.3. The van der Waals surface area contributed by atoms with Crippen molar-refractivity contribution in [1.29, 1.82) is 0 Å². The Morgan fingerprint density at radius 3 is 2.92 bits per heavy atom. The Morgan fingerprint density at radius 1 is 1.38 bits per heavy atom. The molecular weight excluding hydrogens is 164 g/mol. The van der Waals surface area contributed by atoms with E-state index in [1.165, 1.54) is 0 Å². The van der Waals surface area contributed by atoms with Gasteiger partial charge in [-0.15, -0.1) is 0 Å². The van der Waals surface area contributed by atoms with E-state index in [-0.39, 0.29) is 0 Å². The highest BCUT2D eigenvalue weighted by molar-refractivity contribution is 5.27. The fraction of sp³-hybridized carbons (Fsp3) is 0.273. The number of rotatable bonds is 4. The van der Waals surface area contributed by atoms with Gasteiger partial charge < -0.3 is 9.47 Å². The van der Waals surface area contributed by atoms with Crippen LogP contribution in [0.5, 0.6) is 5.75 Å². The minimum Gasteiger partial charge on any atom is -0.497 e. The minimum atomic E-state index is 0.585. The van der Waals surface area contributed by atoms with E-state index in [0.29, 0.717) is 6.61 Å². The zero-order valence-electron chi connectivity index (χ0n) is 7.99. The van der Waals surface area contributed by atoms with Crippen molar-refractivity contribution < 1.29 is 9.47 Å². The first-order valence-corrected chi connectivity index (χ1v) is 4.22. The van der Waals surface area contributed by atoms with E-state index in [0.717, 1.165) is 11.3 Å². The van der Waals surface area contributed by atoms with E-state index in [1.807, 2.05) is 37.3 Å². The molecule has 0 heterocycles. The SMILES string of the molecule is C/C=C\OCc1cccc(OC)c1. The second-order valence-corrected chi connectivity index (χ2v) is 2.63. The summed E-state index contributed by atoms with van der Waals surface area (Å²) in [7, 11) is 1.66. The van der Waals surface area contributed by atoms with E-state index in [9.17, 15) is 0 Å². The van der Waals surface area contributed by atoms with Crippen LogP contribution in [0.3, 0.4) is 0 Å². The number of hydrogen-bond acceptors (Lipinski definition) is 2. The first kappa shape index (κ1) is 9.65. The van der Waals surface area contributed by atoms with Crippen LogP contribution in [0.15, 0.2) is 36.6 Å². The van der Waals surface area contributed by atoms with Crippen LogP contribution in [-0.4, -0.2) is 7.11 Å². The molecule has 1 rings (SSSR count). The molecule has 0 amide bonds. The van der Waals surface area contributed by atoms with Crippen LogP contribution in [0, 0.1) is 0 Å². The molecule has 0 atom stereocenters. The lowest BCUT2D eigenvalue weighted by molar-refractivity contribution is 0.235. The molecule has 0 saturated heterocycles. The van der Waals surface area contributed by atoms with Gasteiger partial charge in [-0.05, 0) is 24.6 Å². The lowest BCUT2D eigenvalue weighted by Gasteiger charge is -2.03. The van der Waals surface area contributed by atoms with Gasteiger partial charge in [-0.25, -0.2) is 0 Å². The maximum atomic E-state index is 5.23. The van der Waals surface area contributed by atoms with Crippen molar-refractivity contribution in [3.63, 3.8) is 0 Å². The van der Waals surface area contributed by atoms with Crippen molar-refractivity contribution in [2.75, 3.05) is 7.11 Å². The van der Waals surface area contributed by atoms with Gasteiger partial charge in [-0.1, -0.05) is 18.2 Å². The van der Waals surface area contributed by atoms with Crippen molar-refractivity contribution >= 4 is 0 Å². The Kier molecular flexibility index (Phi) is 3.89. The number of allylic oxidation sites excluding steroid dienone is 1. The summed E-state index contributed by atoms with van der Waals surface area (Å²) in [5.74, 6) is 0.863. The van der Waals surface area contributed by atoms with Crippen LogP contribution < -0.4 is 4.74 Å². The first-order valence-electron chi connectivity index (χ1n) is 4.22. The number of methoxy groups -OCH3 is 1. The lowest BCUT2D eigenvalue weighted by atomic mass is 10.2. The average Bonchev–Trinajstić information content (AvgIpc) is 2.19. The molecule has 0 spiro atoms. The Morgan fingerprint density at radius 2 is 2.23 bits per heavy atom. The standard InChI is InChI=1S/C11H14O2/c1-3-7-13-9-10-5-4-6-11(8-10)12-2/h3-8H,9H2,1-2H3/b7-3-. The molecule has 0 radical (unpaired) electrons. The van der Waals surface area contributed by atoms with E-state index in [2.05, 4.69) is 0 Å². The molecular formula is C11H14O2. The highest BCUT2D eigenvalue weighted by Gasteiger charge is 1.94. The topological polar surface area (TPSA) is 18.5 Å². The lowest BCUT2D eigenvalue weighted by Crippen LogP contribution is -1.88. The molecule has 0 aliphatic heterocycles.